The Balaban J connectivity index is 1.69. The van der Waals surface area contributed by atoms with Crippen LogP contribution in [0.25, 0.3) is 0 Å². The molecule has 0 aromatic heterocycles. The number of carbonyl (C=O) groups excluding carboxylic acids is 3. The van der Waals surface area contributed by atoms with Crippen molar-refractivity contribution in [2.75, 3.05) is 20.2 Å². The lowest BCUT2D eigenvalue weighted by Crippen LogP contribution is -2.50. The van der Waals surface area contributed by atoms with Crippen molar-refractivity contribution in [1.29, 1.82) is 0 Å². The van der Waals surface area contributed by atoms with Crippen LogP contribution in [-0.4, -0.2) is 48.0 Å². The van der Waals surface area contributed by atoms with Gasteiger partial charge < -0.3 is 10.1 Å². The second-order valence-corrected chi connectivity index (χ2v) is 7.51. The number of urea groups is 1. The lowest BCUT2D eigenvalue weighted by Gasteiger charge is -2.24. The molecule has 2 aromatic carbocycles. The van der Waals surface area contributed by atoms with Gasteiger partial charge in [-0.15, -0.1) is 6.58 Å². The highest BCUT2D eigenvalue weighted by atomic mass is 19.1. The average Bonchev–Trinajstić information content (AvgIpc) is 2.99. The van der Waals surface area contributed by atoms with Crippen LogP contribution in [0.5, 0.6) is 5.75 Å². The fraction of sp³-hybridized carbons (Fsp3) is 0.261. The third kappa shape index (κ3) is 4.78. The molecule has 3 rings (SSSR count). The Morgan fingerprint density at radius 1 is 1.25 bits per heavy atom. The van der Waals surface area contributed by atoms with E-state index < -0.39 is 23.4 Å². The second kappa shape index (κ2) is 9.61. The maximum atomic E-state index is 14.0. The predicted octanol–water partition coefficient (Wildman–Crippen LogP) is 2.32. The van der Waals surface area contributed by atoms with Crippen LogP contribution in [0.2, 0.25) is 0 Å². The molecule has 4 amide bonds. The number of hydrogen-bond acceptors (Lipinski definition) is 5. The van der Waals surface area contributed by atoms with Crippen molar-refractivity contribution in [3.8, 4) is 5.75 Å². The molecular weight excluding hydrogens is 415 g/mol. The SMILES string of the molecule is C=CCN(CC(=O)NN1C(=O)NC(C)(c2ccc(OC)cc2)C1=O)Cc1ccccc1F. The first-order valence-corrected chi connectivity index (χ1v) is 9.96. The summed E-state index contributed by atoms with van der Waals surface area (Å²) in [5.74, 6) is -0.987. The topological polar surface area (TPSA) is 91.0 Å². The fourth-order valence-corrected chi connectivity index (χ4v) is 3.46. The summed E-state index contributed by atoms with van der Waals surface area (Å²) in [6, 6.07) is 12.2. The van der Waals surface area contributed by atoms with Crippen LogP contribution in [0, 0.1) is 5.82 Å². The Morgan fingerprint density at radius 2 is 1.94 bits per heavy atom. The molecule has 0 saturated carbocycles. The lowest BCUT2D eigenvalue weighted by molar-refractivity contribution is -0.139. The second-order valence-electron chi connectivity index (χ2n) is 7.51. The van der Waals surface area contributed by atoms with Gasteiger partial charge in [-0.3, -0.25) is 19.9 Å². The number of rotatable bonds is 9. The fourth-order valence-electron chi connectivity index (χ4n) is 3.46. The van der Waals surface area contributed by atoms with Crippen LogP contribution in [-0.2, 0) is 21.7 Å². The highest BCUT2D eigenvalue weighted by Crippen LogP contribution is 2.29. The Bertz CT molecular complexity index is 1030. The van der Waals surface area contributed by atoms with Crippen LogP contribution in [0.1, 0.15) is 18.1 Å². The van der Waals surface area contributed by atoms with Crippen molar-refractivity contribution < 1.29 is 23.5 Å². The molecule has 1 unspecified atom stereocenters. The number of nitrogens with one attached hydrogen (secondary N) is 2. The van der Waals surface area contributed by atoms with Crippen LogP contribution in [0.3, 0.4) is 0 Å². The quantitative estimate of drug-likeness (QED) is 0.461. The van der Waals surface area contributed by atoms with Crippen molar-refractivity contribution in [1.82, 2.24) is 20.7 Å². The van der Waals surface area contributed by atoms with E-state index in [1.165, 1.54) is 13.2 Å². The number of halogens is 1. The Kier molecular flexibility index (Phi) is 6.89. The number of methoxy groups -OCH3 is 1. The van der Waals surface area contributed by atoms with E-state index in [0.717, 1.165) is 0 Å². The van der Waals surface area contributed by atoms with Crippen LogP contribution >= 0.6 is 0 Å². The van der Waals surface area contributed by atoms with Crippen molar-refractivity contribution in [3.05, 3.63) is 78.1 Å². The number of carbonyl (C=O) groups is 3. The van der Waals surface area contributed by atoms with E-state index in [4.69, 9.17) is 4.74 Å². The minimum Gasteiger partial charge on any atom is -0.497 e. The zero-order valence-corrected chi connectivity index (χ0v) is 17.9. The molecule has 2 aromatic rings. The molecular formula is C23H25FN4O4. The van der Waals surface area contributed by atoms with Gasteiger partial charge in [-0.1, -0.05) is 36.4 Å². The Hall–Kier alpha value is -3.72. The Labute approximate surface area is 185 Å². The van der Waals surface area contributed by atoms with Crippen LogP contribution in [0.15, 0.2) is 61.2 Å². The van der Waals surface area contributed by atoms with E-state index in [9.17, 15) is 18.8 Å². The molecule has 168 valence electrons. The standard InChI is InChI=1S/C23H25FN4O4/c1-4-13-27(14-16-7-5-6-8-19(16)24)15-20(29)26-28-21(30)23(2,25-22(28)31)17-9-11-18(32-3)12-10-17/h4-12H,1,13-15H2,2-3H3,(H,25,31)(H,26,29). The molecule has 1 aliphatic rings. The van der Waals surface area contributed by atoms with Crippen molar-refractivity contribution in [2.24, 2.45) is 0 Å². The molecule has 2 N–H and O–H groups in total. The van der Waals surface area contributed by atoms with E-state index in [0.29, 0.717) is 28.4 Å². The van der Waals surface area contributed by atoms with Gasteiger partial charge in [-0.25, -0.2) is 9.18 Å². The van der Waals surface area contributed by atoms with Gasteiger partial charge in [-0.2, -0.15) is 5.01 Å². The number of amides is 4. The number of ether oxygens (including phenoxy) is 1. The van der Waals surface area contributed by atoms with Gasteiger partial charge in [0.05, 0.1) is 13.7 Å². The highest BCUT2D eigenvalue weighted by Gasteiger charge is 2.50. The molecule has 1 atom stereocenters. The molecule has 1 aliphatic heterocycles. The summed E-state index contributed by atoms with van der Waals surface area (Å²) in [7, 11) is 1.53. The van der Waals surface area contributed by atoms with E-state index in [2.05, 4.69) is 17.3 Å². The first-order chi connectivity index (χ1) is 15.3. The van der Waals surface area contributed by atoms with E-state index >= 15 is 0 Å². The number of benzene rings is 2. The van der Waals surface area contributed by atoms with E-state index in [-0.39, 0.29) is 18.9 Å². The normalized spacial score (nSPS) is 17.9. The van der Waals surface area contributed by atoms with E-state index in [1.54, 1.807) is 60.4 Å². The van der Waals surface area contributed by atoms with Crippen molar-refractivity contribution in [2.45, 2.75) is 19.0 Å². The third-order valence-electron chi connectivity index (χ3n) is 5.20. The zero-order valence-electron chi connectivity index (χ0n) is 17.9. The monoisotopic (exact) mass is 440 g/mol. The smallest absolute Gasteiger partial charge is 0.344 e. The highest BCUT2D eigenvalue weighted by molar-refractivity contribution is 6.08. The van der Waals surface area contributed by atoms with Crippen molar-refractivity contribution >= 4 is 17.8 Å². The zero-order chi connectivity index (χ0) is 23.3. The molecule has 0 bridgehead atoms. The third-order valence-corrected chi connectivity index (χ3v) is 5.20. The molecule has 1 saturated heterocycles. The van der Waals surface area contributed by atoms with Gasteiger partial charge in [-0.05, 0) is 30.7 Å². The lowest BCUT2D eigenvalue weighted by atomic mass is 9.92. The van der Waals surface area contributed by atoms with Gasteiger partial charge >= 0.3 is 6.03 Å². The summed E-state index contributed by atoms with van der Waals surface area (Å²) in [6.07, 6.45) is 1.59. The largest absolute Gasteiger partial charge is 0.497 e. The van der Waals surface area contributed by atoms with Gasteiger partial charge in [0.15, 0.2) is 0 Å². The molecule has 0 spiro atoms. The number of nitrogens with zero attached hydrogens (tertiary/aromatic N) is 2. The van der Waals surface area contributed by atoms with Crippen molar-refractivity contribution in [3.63, 3.8) is 0 Å². The average molecular weight is 440 g/mol. The molecule has 0 radical (unpaired) electrons. The minimum absolute atomic E-state index is 0.163. The molecule has 32 heavy (non-hydrogen) atoms. The Morgan fingerprint density at radius 3 is 2.56 bits per heavy atom. The maximum absolute atomic E-state index is 14.0. The molecule has 0 aliphatic carbocycles. The first kappa shape index (κ1) is 23.0. The van der Waals surface area contributed by atoms with E-state index in [1.807, 2.05) is 0 Å². The van der Waals surface area contributed by atoms with Gasteiger partial charge in [0, 0.05) is 18.7 Å². The summed E-state index contributed by atoms with van der Waals surface area (Å²) < 4.78 is 19.1. The van der Waals surface area contributed by atoms with Gasteiger partial charge in [0.2, 0.25) is 0 Å². The number of hydrazine groups is 1. The molecule has 8 nitrogen and oxygen atoms in total. The minimum atomic E-state index is -1.34. The maximum Gasteiger partial charge on any atom is 0.344 e. The van der Waals surface area contributed by atoms with Crippen LogP contribution in [0.4, 0.5) is 9.18 Å². The molecule has 1 fully saturated rings. The van der Waals surface area contributed by atoms with Gasteiger partial charge in [0.25, 0.3) is 11.8 Å². The summed E-state index contributed by atoms with van der Waals surface area (Å²) in [5.41, 5.74) is 1.97. The van der Waals surface area contributed by atoms with Gasteiger partial charge in [0.1, 0.15) is 17.1 Å². The molecule has 1 heterocycles. The predicted molar refractivity (Wildman–Crippen MR) is 116 cm³/mol. The summed E-state index contributed by atoms with van der Waals surface area (Å²) in [5, 5.41) is 3.29. The summed E-state index contributed by atoms with van der Waals surface area (Å²) >= 11 is 0. The molecule has 9 heteroatoms. The van der Waals surface area contributed by atoms with Crippen LogP contribution < -0.4 is 15.5 Å². The first-order valence-electron chi connectivity index (χ1n) is 9.96. The number of hydrogen-bond donors (Lipinski definition) is 2. The summed E-state index contributed by atoms with van der Waals surface area (Å²) in [6.45, 7) is 5.52. The number of imide groups is 1. The summed E-state index contributed by atoms with van der Waals surface area (Å²) in [4.78, 5) is 39.7.